The Morgan fingerprint density at radius 2 is 2.12 bits per heavy atom. The van der Waals surface area contributed by atoms with Gasteiger partial charge in [0.15, 0.2) is 0 Å². The monoisotopic (exact) mass is 380 g/mol. The molecule has 2 saturated heterocycles. The van der Waals surface area contributed by atoms with E-state index in [4.69, 9.17) is 11.6 Å². The zero-order valence-electron chi connectivity index (χ0n) is 14.7. The molecule has 25 heavy (non-hydrogen) atoms. The second kappa shape index (κ2) is 7.50. The fourth-order valence-electron chi connectivity index (χ4n) is 4.10. The lowest BCUT2D eigenvalue weighted by molar-refractivity contribution is -0.142. The molecule has 2 amide bonds. The van der Waals surface area contributed by atoms with Crippen molar-refractivity contribution in [3.63, 3.8) is 0 Å². The molecule has 0 N–H and O–H groups in total. The molecule has 1 aromatic heterocycles. The first kappa shape index (κ1) is 18.5. The SMILES string of the molecule is C=CC(=O)N1CCC(C(=O)N2CCCC2(C)Cc2cc(Cl)cs2)CC1. The molecule has 1 unspecified atom stereocenters. The number of hydrogen-bond acceptors (Lipinski definition) is 3. The van der Waals surface area contributed by atoms with E-state index in [1.807, 2.05) is 11.4 Å². The molecule has 1 aromatic rings. The molecule has 0 spiro atoms. The lowest BCUT2D eigenvalue weighted by atomic mass is 9.90. The number of carbonyl (C=O) groups excluding carboxylic acids is 2. The average molecular weight is 381 g/mol. The molecule has 1 atom stereocenters. The van der Waals surface area contributed by atoms with Crippen LogP contribution in [0.4, 0.5) is 0 Å². The number of halogens is 1. The first-order valence-electron chi connectivity index (χ1n) is 8.89. The maximum absolute atomic E-state index is 13.1. The maximum Gasteiger partial charge on any atom is 0.245 e. The summed E-state index contributed by atoms with van der Waals surface area (Å²) in [5, 5.41) is 2.73. The lowest BCUT2D eigenvalue weighted by Gasteiger charge is -2.39. The van der Waals surface area contributed by atoms with Gasteiger partial charge in [0.2, 0.25) is 11.8 Å². The predicted octanol–water partition coefficient (Wildman–Crippen LogP) is 3.75. The first-order valence-corrected chi connectivity index (χ1v) is 10.1. The van der Waals surface area contributed by atoms with Gasteiger partial charge < -0.3 is 9.80 Å². The third-order valence-electron chi connectivity index (χ3n) is 5.52. The van der Waals surface area contributed by atoms with Crippen molar-refractivity contribution in [2.75, 3.05) is 19.6 Å². The van der Waals surface area contributed by atoms with Crippen molar-refractivity contribution in [1.29, 1.82) is 0 Å². The highest BCUT2D eigenvalue weighted by Crippen LogP contribution is 2.36. The Labute approximate surface area is 158 Å². The Balaban J connectivity index is 1.65. The molecule has 0 radical (unpaired) electrons. The summed E-state index contributed by atoms with van der Waals surface area (Å²) in [5.41, 5.74) is -0.126. The Bertz CT molecular complexity index is 666. The molecule has 0 aromatic carbocycles. The zero-order valence-corrected chi connectivity index (χ0v) is 16.2. The predicted molar refractivity (Wildman–Crippen MR) is 102 cm³/mol. The summed E-state index contributed by atoms with van der Waals surface area (Å²) in [6.07, 6.45) is 5.79. The van der Waals surface area contributed by atoms with Crippen LogP contribution in [0.3, 0.4) is 0 Å². The Kier molecular flexibility index (Phi) is 5.54. The Morgan fingerprint density at radius 1 is 1.40 bits per heavy atom. The fourth-order valence-corrected chi connectivity index (χ4v) is 5.35. The Morgan fingerprint density at radius 3 is 2.72 bits per heavy atom. The molecule has 2 fully saturated rings. The van der Waals surface area contributed by atoms with Crippen LogP contribution in [0.5, 0.6) is 0 Å². The van der Waals surface area contributed by atoms with Gasteiger partial charge in [0, 0.05) is 47.8 Å². The summed E-state index contributed by atoms with van der Waals surface area (Å²) < 4.78 is 0. The van der Waals surface area contributed by atoms with E-state index in [2.05, 4.69) is 18.4 Å². The van der Waals surface area contributed by atoms with Crippen molar-refractivity contribution < 1.29 is 9.59 Å². The number of likely N-dealkylation sites (tertiary alicyclic amines) is 2. The van der Waals surface area contributed by atoms with Crippen molar-refractivity contribution in [3.8, 4) is 0 Å². The van der Waals surface area contributed by atoms with Crippen LogP contribution >= 0.6 is 22.9 Å². The minimum absolute atomic E-state index is 0.0261. The van der Waals surface area contributed by atoms with Crippen molar-refractivity contribution in [1.82, 2.24) is 9.80 Å². The van der Waals surface area contributed by atoms with Crippen LogP contribution in [-0.2, 0) is 16.0 Å². The average Bonchev–Trinajstić information content (AvgIpc) is 3.19. The van der Waals surface area contributed by atoms with Crippen molar-refractivity contribution in [2.24, 2.45) is 5.92 Å². The molecular weight excluding hydrogens is 356 g/mol. The quantitative estimate of drug-likeness (QED) is 0.746. The summed E-state index contributed by atoms with van der Waals surface area (Å²) in [4.78, 5) is 30.0. The molecule has 6 heteroatoms. The molecule has 2 aliphatic heterocycles. The van der Waals surface area contributed by atoms with E-state index in [-0.39, 0.29) is 23.3 Å². The summed E-state index contributed by atoms with van der Waals surface area (Å²) in [7, 11) is 0. The van der Waals surface area contributed by atoms with Gasteiger partial charge in [-0.1, -0.05) is 18.2 Å². The zero-order chi connectivity index (χ0) is 18.0. The summed E-state index contributed by atoms with van der Waals surface area (Å²) in [6.45, 7) is 7.86. The van der Waals surface area contributed by atoms with Gasteiger partial charge in [0.1, 0.15) is 0 Å². The van der Waals surface area contributed by atoms with Crippen molar-refractivity contribution >= 4 is 34.8 Å². The number of nitrogens with zero attached hydrogens (tertiary/aromatic N) is 2. The number of piperidine rings is 1. The van der Waals surface area contributed by atoms with Crippen LogP contribution in [0.15, 0.2) is 24.1 Å². The summed E-state index contributed by atoms with van der Waals surface area (Å²) in [5.74, 6) is 0.248. The first-order chi connectivity index (χ1) is 11.9. The standard InChI is InChI=1S/C19H25ClN2O2S/c1-3-17(23)21-9-5-14(6-10-21)18(24)22-8-4-7-19(22,2)12-16-11-15(20)13-25-16/h3,11,13-14H,1,4-10,12H2,2H3. The molecule has 4 nitrogen and oxygen atoms in total. The highest BCUT2D eigenvalue weighted by Gasteiger charge is 2.42. The summed E-state index contributed by atoms with van der Waals surface area (Å²) in [6, 6.07) is 2.01. The largest absolute Gasteiger partial charge is 0.339 e. The molecule has 0 aliphatic carbocycles. The van der Waals surface area contributed by atoms with E-state index >= 15 is 0 Å². The lowest BCUT2D eigenvalue weighted by Crippen LogP contribution is -2.51. The van der Waals surface area contributed by atoms with Crippen LogP contribution in [0.2, 0.25) is 5.02 Å². The third kappa shape index (κ3) is 3.93. The van der Waals surface area contributed by atoms with E-state index < -0.39 is 0 Å². The number of hydrogen-bond donors (Lipinski definition) is 0. The van der Waals surface area contributed by atoms with E-state index in [1.165, 1.54) is 11.0 Å². The molecule has 0 saturated carbocycles. The smallest absolute Gasteiger partial charge is 0.245 e. The van der Waals surface area contributed by atoms with Crippen LogP contribution in [0.1, 0.15) is 37.5 Å². The van der Waals surface area contributed by atoms with Gasteiger partial charge in [-0.2, -0.15) is 0 Å². The third-order valence-corrected chi connectivity index (χ3v) is 6.81. The minimum Gasteiger partial charge on any atom is -0.339 e. The molecule has 0 bridgehead atoms. The van der Waals surface area contributed by atoms with Crippen LogP contribution in [-0.4, -0.2) is 46.8 Å². The molecule has 136 valence electrons. The summed E-state index contributed by atoms with van der Waals surface area (Å²) >= 11 is 7.72. The van der Waals surface area contributed by atoms with Gasteiger partial charge in [-0.05, 0) is 44.7 Å². The number of rotatable bonds is 4. The minimum atomic E-state index is -0.126. The number of amides is 2. The van der Waals surface area contributed by atoms with E-state index in [1.54, 1.807) is 16.2 Å². The topological polar surface area (TPSA) is 40.6 Å². The molecule has 3 rings (SSSR count). The number of thiophene rings is 1. The van der Waals surface area contributed by atoms with Crippen molar-refractivity contribution in [3.05, 3.63) is 34.0 Å². The van der Waals surface area contributed by atoms with Crippen LogP contribution in [0.25, 0.3) is 0 Å². The van der Waals surface area contributed by atoms with Gasteiger partial charge in [-0.15, -0.1) is 11.3 Å². The molecular formula is C19H25ClN2O2S. The normalized spacial score (nSPS) is 24.6. The van der Waals surface area contributed by atoms with Gasteiger partial charge in [0.05, 0.1) is 5.02 Å². The maximum atomic E-state index is 13.1. The number of carbonyl (C=O) groups is 2. The molecule has 2 aliphatic rings. The second-order valence-corrected chi connectivity index (χ2v) is 8.73. The van der Waals surface area contributed by atoms with E-state index in [9.17, 15) is 9.59 Å². The highest BCUT2D eigenvalue weighted by atomic mass is 35.5. The highest BCUT2D eigenvalue weighted by molar-refractivity contribution is 7.10. The van der Waals surface area contributed by atoms with Gasteiger partial charge >= 0.3 is 0 Å². The molecule has 3 heterocycles. The fraction of sp³-hybridized carbons (Fsp3) is 0.579. The van der Waals surface area contributed by atoms with E-state index in [0.717, 1.165) is 43.7 Å². The van der Waals surface area contributed by atoms with E-state index in [0.29, 0.717) is 13.1 Å². The Hall–Kier alpha value is -1.33. The van der Waals surface area contributed by atoms with Crippen LogP contribution in [0, 0.1) is 5.92 Å². The van der Waals surface area contributed by atoms with Gasteiger partial charge in [0.25, 0.3) is 0 Å². The van der Waals surface area contributed by atoms with Gasteiger partial charge in [-0.25, -0.2) is 0 Å². The van der Waals surface area contributed by atoms with Gasteiger partial charge in [-0.3, -0.25) is 9.59 Å². The second-order valence-electron chi connectivity index (χ2n) is 7.30. The van der Waals surface area contributed by atoms with Crippen molar-refractivity contribution in [2.45, 2.75) is 44.6 Å². The van der Waals surface area contributed by atoms with Crippen LogP contribution < -0.4 is 0 Å².